The Balaban J connectivity index is 2.18. The summed E-state index contributed by atoms with van der Waals surface area (Å²) in [5, 5.41) is 18.3. The fourth-order valence-electron chi connectivity index (χ4n) is 2.71. The van der Waals surface area contributed by atoms with E-state index in [1.807, 2.05) is 24.3 Å². The van der Waals surface area contributed by atoms with Gasteiger partial charge in [0, 0.05) is 24.7 Å². The molecular weight excluding hydrogens is 270 g/mol. The minimum atomic E-state index is -0.896. The quantitative estimate of drug-likeness (QED) is 0.867. The Hall–Kier alpha value is -1.59. The third-order valence-corrected chi connectivity index (χ3v) is 3.77. The normalized spacial score (nSPS) is 19.3. The molecule has 1 aliphatic heterocycles. The summed E-state index contributed by atoms with van der Waals surface area (Å²) in [5.74, 6) is -1.26. The largest absolute Gasteiger partial charge is 0.481 e. The lowest BCUT2D eigenvalue weighted by Gasteiger charge is -2.39. The number of carboxylic acid groups (broad SMARTS) is 1. The van der Waals surface area contributed by atoms with Gasteiger partial charge in [-0.1, -0.05) is 12.1 Å². The average molecular weight is 293 g/mol. The van der Waals surface area contributed by atoms with Crippen molar-refractivity contribution in [3.63, 3.8) is 0 Å². The third kappa shape index (κ3) is 4.19. The van der Waals surface area contributed by atoms with Crippen molar-refractivity contribution in [3.05, 3.63) is 29.8 Å². The number of rotatable bonds is 5. The lowest BCUT2D eigenvalue weighted by atomic mass is 9.95. The lowest BCUT2D eigenvalue weighted by molar-refractivity contribution is -0.137. The van der Waals surface area contributed by atoms with E-state index in [4.69, 9.17) is 9.84 Å². The van der Waals surface area contributed by atoms with Crippen LogP contribution < -0.4 is 4.90 Å². The highest BCUT2D eigenvalue weighted by Gasteiger charge is 2.27. The molecule has 2 N–H and O–H groups in total. The molecule has 0 spiro atoms. The van der Waals surface area contributed by atoms with Crippen molar-refractivity contribution < 1.29 is 19.7 Å². The van der Waals surface area contributed by atoms with Gasteiger partial charge in [-0.05, 0) is 31.5 Å². The van der Waals surface area contributed by atoms with Gasteiger partial charge >= 0.3 is 5.97 Å². The molecule has 116 valence electrons. The molecule has 2 rings (SSSR count). The molecule has 0 aliphatic carbocycles. The molecule has 21 heavy (non-hydrogen) atoms. The number of morpholine rings is 1. The van der Waals surface area contributed by atoms with Crippen molar-refractivity contribution in [2.45, 2.75) is 31.8 Å². The Kier molecular flexibility index (Phi) is 4.85. The molecule has 0 amide bonds. The number of aliphatic carboxylic acids is 1. The number of carbonyl (C=O) groups is 1. The van der Waals surface area contributed by atoms with Crippen LogP contribution in [-0.4, -0.2) is 48.1 Å². The summed E-state index contributed by atoms with van der Waals surface area (Å²) in [6, 6.07) is 7.78. The van der Waals surface area contributed by atoms with Gasteiger partial charge in [0.1, 0.15) is 0 Å². The van der Waals surface area contributed by atoms with Crippen LogP contribution >= 0.6 is 0 Å². The van der Waals surface area contributed by atoms with Crippen LogP contribution in [-0.2, 0) is 9.53 Å². The molecule has 1 aliphatic rings. The highest BCUT2D eigenvalue weighted by molar-refractivity contribution is 5.68. The van der Waals surface area contributed by atoms with Crippen LogP contribution in [0.3, 0.4) is 0 Å². The maximum atomic E-state index is 10.9. The van der Waals surface area contributed by atoms with Gasteiger partial charge in [-0.15, -0.1) is 0 Å². The Bertz CT molecular complexity index is 501. The number of benzene rings is 1. The van der Waals surface area contributed by atoms with Gasteiger partial charge in [-0.25, -0.2) is 0 Å². The first-order valence-electron chi connectivity index (χ1n) is 7.23. The molecular formula is C16H23NO4. The minimum absolute atomic E-state index is 0.0610. The number of ether oxygens (including phenoxy) is 1. The Morgan fingerprint density at radius 1 is 1.48 bits per heavy atom. The Morgan fingerprint density at radius 3 is 2.86 bits per heavy atom. The molecule has 0 aromatic heterocycles. The van der Waals surface area contributed by atoms with Crippen molar-refractivity contribution in [1.29, 1.82) is 0 Å². The summed E-state index contributed by atoms with van der Waals surface area (Å²) < 4.78 is 5.71. The fourth-order valence-corrected chi connectivity index (χ4v) is 2.71. The van der Waals surface area contributed by atoms with E-state index in [9.17, 15) is 9.90 Å². The van der Waals surface area contributed by atoms with Crippen LogP contribution in [0.4, 0.5) is 5.69 Å². The van der Waals surface area contributed by atoms with E-state index in [1.54, 1.807) is 0 Å². The topological polar surface area (TPSA) is 70.0 Å². The first-order chi connectivity index (χ1) is 9.91. The van der Waals surface area contributed by atoms with Crippen molar-refractivity contribution in [1.82, 2.24) is 0 Å². The minimum Gasteiger partial charge on any atom is -0.481 e. The van der Waals surface area contributed by atoms with E-state index >= 15 is 0 Å². The predicted molar refractivity (Wildman–Crippen MR) is 80.8 cm³/mol. The molecule has 1 saturated heterocycles. The molecule has 1 atom stereocenters. The van der Waals surface area contributed by atoms with Crippen molar-refractivity contribution in [2.75, 3.05) is 31.2 Å². The van der Waals surface area contributed by atoms with Crippen LogP contribution in [0.1, 0.15) is 31.7 Å². The summed E-state index contributed by atoms with van der Waals surface area (Å²) in [5.41, 5.74) is 1.72. The lowest BCUT2D eigenvalue weighted by Crippen LogP contribution is -2.48. The summed E-state index contributed by atoms with van der Waals surface area (Å²) in [6.07, 6.45) is -0.0610. The van der Waals surface area contributed by atoms with Crippen molar-refractivity contribution >= 4 is 11.7 Å². The zero-order valence-corrected chi connectivity index (χ0v) is 12.6. The summed E-state index contributed by atoms with van der Waals surface area (Å²) >= 11 is 0. The summed E-state index contributed by atoms with van der Waals surface area (Å²) in [7, 11) is 0. The molecule has 1 unspecified atom stereocenters. The van der Waals surface area contributed by atoms with Crippen molar-refractivity contribution in [3.8, 4) is 0 Å². The third-order valence-electron chi connectivity index (χ3n) is 3.77. The SMILES string of the molecule is CC1(C)CN(c2cccc(C(CO)CC(=O)O)c2)CCO1. The monoisotopic (exact) mass is 293 g/mol. The Labute approximate surface area is 125 Å². The smallest absolute Gasteiger partial charge is 0.304 e. The van der Waals surface area contributed by atoms with Crippen LogP contribution in [0.25, 0.3) is 0 Å². The van der Waals surface area contributed by atoms with Crippen LogP contribution in [0.15, 0.2) is 24.3 Å². The Morgan fingerprint density at radius 2 is 2.24 bits per heavy atom. The van der Waals surface area contributed by atoms with Crippen molar-refractivity contribution in [2.24, 2.45) is 0 Å². The van der Waals surface area contributed by atoms with Gasteiger partial charge in [-0.2, -0.15) is 0 Å². The highest BCUT2D eigenvalue weighted by Crippen LogP contribution is 2.27. The second-order valence-corrected chi connectivity index (χ2v) is 6.10. The molecule has 1 heterocycles. The molecule has 5 nitrogen and oxygen atoms in total. The first kappa shape index (κ1) is 15.8. The number of aliphatic hydroxyl groups is 1. The molecule has 1 aromatic rings. The standard InChI is InChI=1S/C16H23NO4/c1-16(2)11-17(6-7-21-16)14-5-3-4-12(8-14)13(10-18)9-15(19)20/h3-5,8,13,18H,6-7,9-11H2,1-2H3,(H,19,20). The fraction of sp³-hybridized carbons (Fsp3) is 0.562. The van der Waals surface area contributed by atoms with Gasteiger partial charge in [0.25, 0.3) is 0 Å². The van der Waals surface area contributed by atoms with E-state index in [2.05, 4.69) is 18.7 Å². The van der Waals surface area contributed by atoms with Gasteiger partial charge in [0.05, 0.1) is 25.2 Å². The van der Waals surface area contributed by atoms with E-state index in [0.717, 1.165) is 24.3 Å². The number of aliphatic hydroxyl groups excluding tert-OH is 1. The molecule has 0 bridgehead atoms. The van der Waals surface area contributed by atoms with E-state index in [1.165, 1.54) is 0 Å². The zero-order valence-electron chi connectivity index (χ0n) is 12.6. The second-order valence-electron chi connectivity index (χ2n) is 6.10. The second kappa shape index (κ2) is 6.45. The first-order valence-corrected chi connectivity index (χ1v) is 7.23. The van der Waals surface area contributed by atoms with Crippen LogP contribution in [0, 0.1) is 0 Å². The summed E-state index contributed by atoms with van der Waals surface area (Å²) in [4.78, 5) is 13.1. The van der Waals surface area contributed by atoms with E-state index < -0.39 is 5.97 Å². The summed E-state index contributed by atoms with van der Waals surface area (Å²) in [6.45, 7) is 6.24. The molecule has 0 saturated carbocycles. The molecule has 1 fully saturated rings. The number of hydrogen-bond acceptors (Lipinski definition) is 4. The molecule has 5 heteroatoms. The average Bonchev–Trinajstić information content (AvgIpc) is 2.43. The zero-order chi connectivity index (χ0) is 15.5. The number of hydrogen-bond donors (Lipinski definition) is 2. The highest BCUT2D eigenvalue weighted by atomic mass is 16.5. The predicted octanol–water partition coefficient (Wildman–Crippen LogP) is 1.85. The van der Waals surface area contributed by atoms with Gasteiger partial charge in [0.2, 0.25) is 0 Å². The van der Waals surface area contributed by atoms with Crippen LogP contribution in [0.2, 0.25) is 0 Å². The van der Waals surface area contributed by atoms with Gasteiger partial charge in [0.15, 0.2) is 0 Å². The van der Waals surface area contributed by atoms with Crippen LogP contribution in [0.5, 0.6) is 0 Å². The number of carboxylic acids is 1. The molecule has 0 radical (unpaired) electrons. The van der Waals surface area contributed by atoms with E-state index in [-0.39, 0.29) is 24.5 Å². The van der Waals surface area contributed by atoms with Gasteiger partial charge in [-0.3, -0.25) is 4.79 Å². The van der Waals surface area contributed by atoms with Gasteiger partial charge < -0.3 is 19.8 Å². The number of anilines is 1. The maximum absolute atomic E-state index is 10.9. The molecule has 1 aromatic carbocycles. The number of nitrogens with zero attached hydrogens (tertiary/aromatic N) is 1. The maximum Gasteiger partial charge on any atom is 0.304 e. The van der Waals surface area contributed by atoms with E-state index in [0.29, 0.717) is 6.61 Å².